The Labute approximate surface area is 176 Å². The number of piperazine rings is 1. The van der Waals surface area contributed by atoms with E-state index in [1.54, 1.807) is 10.9 Å². The zero-order valence-electron chi connectivity index (χ0n) is 17.7. The maximum atomic E-state index is 12.9. The van der Waals surface area contributed by atoms with Crippen LogP contribution >= 0.6 is 0 Å². The Kier molecular flexibility index (Phi) is 5.32. The average Bonchev–Trinajstić information content (AvgIpc) is 3.35. The fourth-order valence-corrected chi connectivity index (χ4v) is 3.69. The molecule has 2 aliphatic rings. The minimum absolute atomic E-state index is 0.0574. The number of benzene rings is 1. The third-order valence-electron chi connectivity index (χ3n) is 5.16. The molecule has 8 heteroatoms. The molecule has 0 bridgehead atoms. The molecule has 0 radical (unpaired) electrons. The van der Waals surface area contributed by atoms with Crippen LogP contribution in [0.4, 0.5) is 0 Å². The van der Waals surface area contributed by atoms with E-state index in [4.69, 9.17) is 4.74 Å². The normalized spacial score (nSPS) is 16.3. The highest BCUT2D eigenvalue weighted by Crippen LogP contribution is 2.21. The van der Waals surface area contributed by atoms with Crippen molar-refractivity contribution in [3.63, 3.8) is 0 Å². The van der Waals surface area contributed by atoms with Crippen LogP contribution in [0.2, 0.25) is 0 Å². The Balaban J connectivity index is 1.37. The van der Waals surface area contributed by atoms with Crippen LogP contribution in [0.25, 0.3) is 0 Å². The lowest BCUT2D eigenvalue weighted by molar-refractivity contribution is 0.00625. The lowest BCUT2D eigenvalue weighted by Crippen LogP contribution is -2.45. The van der Waals surface area contributed by atoms with Gasteiger partial charge in [0.15, 0.2) is 5.69 Å². The molecule has 0 atom stereocenters. The van der Waals surface area contributed by atoms with Gasteiger partial charge < -0.3 is 14.5 Å². The molecule has 3 heterocycles. The van der Waals surface area contributed by atoms with Crippen LogP contribution in [0.5, 0.6) is 0 Å². The summed E-state index contributed by atoms with van der Waals surface area (Å²) < 4.78 is 6.89. The maximum Gasteiger partial charge on any atom is 0.361 e. The Morgan fingerprint density at radius 2 is 1.87 bits per heavy atom. The fourth-order valence-electron chi connectivity index (χ4n) is 3.69. The number of amides is 1. The van der Waals surface area contributed by atoms with Crippen molar-refractivity contribution >= 4 is 11.9 Å². The number of rotatable bonds is 4. The summed E-state index contributed by atoms with van der Waals surface area (Å²) in [4.78, 5) is 29.2. The van der Waals surface area contributed by atoms with Gasteiger partial charge in [-0.1, -0.05) is 23.4 Å². The highest BCUT2D eigenvalue weighted by molar-refractivity contribution is 5.94. The zero-order valence-corrected chi connectivity index (χ0v) is 17.7. The SMILES string of the molecule is CC(C)(C)OC(=O)c1cn(Cc2ccc(C(=O)N3CCN4CCC=C4C3)cc2)nn1. The predicted octanol–water partition coefficient (Wildman–Crippen LogP) is 2.33. The van der Waals surface area contributed by atoms with Crippen molar-refractivity contribution in [1.82, 2.24) is 24.8 Å². The number of aromatic nitrogens is 3. The van der Waals surface area contributed by atoms with Crippen molar-refractivity contribution in [2.45, 2.75) is 39.3 Å². The van der Waals surface area contributed by atoms with Crippen LogP contribution in [0.1, 0.15) is 53.6 Å². The molecule has 0 saturated carbocycles. The Bertz CT molecular complexity index is 971. The van der Waals surface area contributed by atoms with E-state index in [0.29, 0.717) is 18.7 Å². The summed E-state index contributed by atoms with van der Waals surface area (Å²) in [7, 11) is 0. The van der Waals surface area contributed by atoms with E-state index in [2.05, 4.69) is 21.3 Å². The Morgan fingerprint density at radius 1 is 1.10 bits per heavy atom. The molecule has 2 aromatic rings. The summed E-state index contributed by atoms with van der Waals surface area (Å²) in [5, 5.41) is 7.90. The standard InChI is InChI=1S/C22H27N5O3/c1-22(2,3)30-21(29)19-15-27(24-23-19)13-16-6-8-17(9-7-16)20(28)26-12-11-25-10-4-5-18(25)14-26/h5-9,15H,4,10-14H2,1-3H3. The molecule has 1 amide bonds. The molecule has 8 nitrogen and oxygen atoms in total. The largest absolute Gasteiger partial charge is 0.455 e. The van der Waals surface area contributed by atoms with Gasteiger partial charge in [0.2, 0.25) is 0 Å². The van der Waals surface area contributed by atoms with Gasteiger partial charge in [0.1, 0.15) is 5.60 Å². The number of hydrogen-bond acceptors (Lipinski definition) is 6. The monoisotopic (exact) mass is 409 g/mol. The molecule has 4 rings (SSSR count). The lowest BCUT2D eigenvalue weighted by atomic mass is 10.1. The predicted molar refractivity (Wildman–Crippen MR) is 111 cm³/mol. The molecule has 2 aliphatic heterocycles. The number of carbonyl (C=O) groups excluding carboxylic acids is 2. The molecule has 0 spiro atoms. The number of carbonyl (C=O) groups is 2. The van der Waals surface area contributed by atoms with Gasteiger partial charge in [-0.3, -0.25) is 4.79 Å². The molecular weight excluding hydrogens is 382 g/mol. The van der Waals surface area contributed by atoms with Crippen LogP contribution in [-0.4, -0.2) is 68.5 Å². The van der Waals surface area contributed by atoms with Gasteiger partial charge in [-0.15, -0.1) is 5.10 Å². The van der Waals surface area contributed by atoms with Gasteiger partial charge in [-0.05, 0) is 44.9 Å². The molecular formula is C22H27N5O3. The van der Waals surface area contributed by atoms with Gasteiger partial charge in [-0.2, -0.15) is 0 Å². The van der Waals surface area contributed by atoms with E-state index in [9.17, 15) is 9.59 Å². The van der Waals surface area contributed by atoms with Crippen molar-refractivity contribution in [3.05, 3.63) is 59.1 Å². The summed E-state index contributed by atoms with van der Waals surface area (Å²) in [5.41, 5.74) is 2.51. The summed E-state index contributed by atoms with van der Waals surface area (Å²) in [6.45, 7) is 9.30. The van der Waals surface area contributed by atoms with E-state index < -0.39 is 11.6 Å². The second-order valence-electron chi connectivity index (χ2n) is 8.70. The molecule has 1 aromatic heterocycles. The van der Waals surface area contributed by atoms with Crippen molar-refractivity contribution in [2.24, 2.45) is 0 Å². The third-order valence-corrected chi connectivity index (χ3v) is 5.16. The van der Waals surface area contributed by atoms with E-state index in [-0.39, 0.29) is 11.6 Å². The van der Waals surface area contributed by atoms with Gasteiger partial charge >= 0.3 is 5.97 Å². The van der Waals surface area contributed by atoms with Gasteiger partial charge in [0.25, 0.3) is 5.91 Å². The summed E-state index contributed by atoms with van der Waals surface area (Å²) >= 11 is 0. The quantitative estimate of drug-likeness (QED) is 0.721. The second-order valence-corrected chi connectivity index (χ2v) is 8.70. The van der Waals surface area contributed by atoms with Crippen molar-refractivity contribution in [2.75, 3.05) is 26.2 Å². The first-order valence-electron chi connectivity index (χ1n) is 10.2. The molecule has 0 unspecified atom stereocenters. The first-order valence-corrected chi connectivity index (χ1v) is 10.2. The second kappa shape index (κ2) is 7.93. The number of hydrogen-bond donors (Lipinski definition) is 0. The fraction of sp³-hybridized carbons (Fsp3) is 0.455. The smallest absolute Gasteiger partial charge is 0.361 e. The molecule has 0 aliphatic carbocycles. The molecule has 158 valence electrons. The molecule has 30 heavy (non-hydrogen) atoms. The van der Waals surface area contributed by atoms with E-state index in [1.807, 2.05) is 49.9 Å². The summed E-state index contributed by atoms with van der Waals surface area (Å²) in [6, 6.07) is 7.51. The van der Waals surface area contributed by atoms with Crippen LogP contribution in [-0.2, 0) is 11.3 Å². The molecule has 1 aromatic carbocycles. The van der Waals surface area contributed by atoms with Gasteiger partial charge in [0.05, 0.1) is 19.3 Å². The third kappa shape index (κ3) is 4.53. The number of esters is 1. The van der Waals surface area contributed by atoms with Crippen molar-refractivity contribution < 1.29 is 14.3 Å². The maximum absolute atomic E-state index is 12.9. The van der Waals surface area contributed by atoms with Crippen LogP contribution in [0.15, 0.2) is 42.2 Å². The van der Waals surface area contributed by atoms with Crippen LogP contribution in [0, 0.1) is 0 Å². The van der Waals surface area contributed by atoms with Crippen LogP contribution in [0.3, 0.4) is 0 Å². The average molecular weight is 409 g/mol. The summed E-state index contributed by atoms with van der Waals surface area (Å²) in [6.07, 6.45) is 4.87. The Hall–Kier alpha value is -3.16. The highest BCUT2D eigenvalue weighted by atomic mass is 16.6. The first kappa shape index (κ1) is 20.1. The lowest BCUT2D eigenvalue weighted by Gasteiger charge is -2.35. The number of fused-ring (bicyclic) bond motifs is 1. The number of nitrogens with zero attached hydrogens (tertiary/aromatic N) is 5. The first-order chi connectivity index (χ1) is 14.3. The number of ether oxygens (including phenoxy) is 1. The highest BCUT2D eigenvalue weighted by Gasteiger charge is 2.27. The van der Waals surface area contributed by atoms with E-state index in [0.717, 1.165) is 31.6 Å². The summed E-state index contributed by atoms with van der Waals surface area (Å²) in [5.74, 6) is -0.436. The van der Waals surface area contributed by atoms with Gasteiger partial charge in [0, 0.05) is 30.9 Å². The van der Waals surface area contributed by atoms with E-state index >= 15 is 0 Å². The van der Waals surface area contributed by atoms with Crippen LogP contribution < -0.4 is 0 Å². The minimum atomic E-state index is -0.579. The van der Waals surface area contributed by atoms with Gasteiger partial charge in [-0.25, -0.2) is 9.48 Å². The molecule has 1 saturated heterocycles. The zero-order chi connectivity index (χ0) is 21.3. The minimum Gasteiger partial charge on any atom is -0.455 e. The van der Waals surface area contributed by atoms with Crippen molar-refractivity contribution in [1.29, 1.82) is 0 Å². The Morgan fingerprint density at radius 3 is 2.60 bits per heavy atom. The van der Waals surface area contributed by atoms with E-state index in [1.165, 1.54) is 5.70 Å². The van der Waals surface area contributed by atoms with Crippen molar-refractivity contribution in [3.8, 4) is 0 Å². The molecule has 1 fully saturated rings. The topological polar surface area (TPSA) is 80.6 Å². The molecule has 0 N–H and O–H groups in total.